The van der Waals surface area contributed by atoms with Gasteiger partial charge in [-0.15, -0.1) is 5.10 Å². The van der Waals surface area contributed by atoms with E-state index >= 15 is 0 Å². The van der Waals surface area contributed by atoms with E-state index < -0.39 is 27.3 Å². The number of halogens is 3. The molecule has 4 rings (SSSR count). The summed E-state index contributed by atoms with van der Waals surface area (Å²) >= 11 is 0. The quantitative estimate of drug-likeness (QED) is 0.399. The molecule has 0 aliphatic rings. The van der Waals surface area contributed by atoms with E-state index in [0.717, 1.165) is 4.68 Å². The van der Waals surface area contributed by atoms with Gasteiger partial charge in [-0.3, -0.25) is 8.92 Å². The number of rotatable bonds is 5. The fourth-order valence-electron chi connectivity index (χ4n) is 2.52. The molecule has 30 heavy (non-hydrogen) atoms. The first kappa shape index (κ1) is 21.8. The molecule has 0 fully saturated rings. The van der Waals surface area contributed by atoms with Crippen molar-refractivity contribution in [3.63, 3.8) is 0 Å². The second-order valence-electron chi connectivity index (χ2n) is 5.33. The molecule has 0 saturated carbocycles. The van der Waals surface area contributed by atoms with E-state index in [0.29, 0.717) is 11.4 Å². The fraction of sp³-hybridized carbons (Fsp3) is 0.267. The number of alkyl halides is 3. The summed E-state index contributed by atoms with van der Waals surface area (Å²) in [5.41, 5.74) is 0.819. The van der Waals surface area contributed by atoms with Crippen molar-refractivity contribution >= 4 is 14.4 Å². The second-order valence-corrected chi connectivity index (χ2v) is 6.09. The number of nitrogens with zero attached hydrogens (tertiary/aromatic N) is 7. The van der Waals surface area contributed by atoms with Gasteiger partial charge in [0.1, 0.15) is 11.4 Å². The van der Waals surface area contributed by atoms with Crippen LogP contribution in [0.25, 0.3) is 28.7 Å². The SMILES string of the molecule is CC.OP(O)OCn1nc(C(F)(F)F)nc1-c1nc2ncccn2c1-c1cnc[nH]1. The van der Waals surface area contributed by atoms with E-state index in [4.69, 9.17) is 9.79 Å². The summed E-state index contributed by atoms with van der Waals surface area (Å²) in [6, 6.07) is 1.62. The third-order valence-corrected chi connectivity index (χ3v) is 3.94. The van der Waals surface area contributed by atoms with Crippen LogP contribution in [-0.2, 0) is 17.4 Å². The average molecular weight is 444 g/mol. The minimum atomic E-state index is -4.82. The van der Waals surface area contributed by atoms with Crippen molar-refractivity contribution in [1.82, 2.24) is 39.1 Å². The first-order chi connectivity index (χ1) is 14.3. The normalized spacial score (nSPS) is 11.7. The van der Waals surface area contributed by atoms with Crippen LogP contribution in [0.3, 0.4) is 0 Å². The minimum Gasteiger partial charge on any atom is -0.343 e. The van der Waals surface area contributed by atoms with E-state index in [1.54, 1.807) is 16.7 Å². The maximum absolute atomic E-state index is 13.1. The molecule has 0 aliphatic carbocycles. The van der Waals surface area contributed by atoms with Gasteiger partial charge in [0.05, 0.1) is 18.2 Å². The monoisotopic (exact) mass is 444 g/mol. The van der Waals surface area contributed by atoms with Crippen LogP contribution in [-0.4, -0.2) is 48.9 Å². The minimum absolute atomic E-state index is 0.0229. The Labute approximate surface area is 168 Å². The smallest absolute Gasteiger partial charge is 0.343 e. The van der Waals surface area contributed by atoms with Gasteiger partial charge < -0.3 is 14.8 Å². The summed E-state index contributed by atoms with van der Waals surface area (Å²) in [5, 5.41) is 3.37. The van der Waals surface area contributed by atoms with Gasteiger partial charge in [-0.05, 0) is 6.07 Å². The summed E-state index contributed by atoms with van der Waals surface area (Å²) < 4.78 is 46.3. The van der Waals surface area contributed by atoms with Crippen LogP contribution in [0.2, 0.25) is 0 Å². The number of fused-ring (bicyclic) bond motifs is 1. The molecular weight excluding hydrogens is 428 g/mol. The highest BCUT2D eigenvalue weighted by Crippen LogP contribution is 2.34. The molecule has 0 amide bonds. The van der Waals surface area contributed by atoms with Gasteiger partial charge >= 0.3 is 14.8 Å². The van der Waals surface area contributed by atoms with Crippen LogP contribution in [0.1, 0.15) is 19.7 Å². The van der Waals surface area contributed by atoms with Gasteiger partial charge in [-0.25, -0.2) is 24.6 Å². The molecule has 15 heteroatoms. The third-order valence-electron chi connectivity index (χ3n) is 3.59. The number of imidazole rings is 2. The molecule has 0 bridgehead atoms. The number of hydrogen-bond donors (Lipinski definition) is 3. The standard InChI is InChI=1S/C13H10F3N8O3P.C2H6/c14-13(15,16)11-21-10(24(22-11)6-27-28(25)26)8-9(7-4-17-5-19-7)23-3-1-2-18-12(23)20-8;1-2/h1-5,25-26H,6H2,(H,17,19);1-2H3. The summed E-state index contributed by atoms with van der Waals surface area (Å²) in [5.74, 6) is -1.51. The van der Waals surface area contributed by atoms with E-state index in [-0.39, 0.29) is 17.3 Å². The number of hydrogen-bond acceptors (Lipinski definition) is 8. The Hall–Kier alpha value is -2.93. The zero-order valence-electron chi connectivity index (χ0n) is 15.6. The lowest BCUT2D eigenvalue weighted by molar-refractivity contribution is -0.145. The maximum Gasteiger partial charge on any atom is 0.453 e. The van der Waals surface area contributed by atoms with Crippen LogP contribution in [0.5, 0.6) is 0 Å². The van der Waals surface area contributed by atoms with E-state index in [9.17, 15) is 13.2 Å². The number of nitrogens with one attached hydrogen (secondary N) is 1. The lowest BCUT2D eigenvalue weighted by Crippen LogP contribution is -2.09. The summed E-state index contributed by atoms with van der Waals surface area (Å²) in [4.78, 5) is 36.5. The number of aromatic amines is 1. The molecule has 0 aromatic carbocycles. The number of H-pyrrole nitrogens is 1. The molecule has 160 valence electrons. The van der Waals surface area contributed by atoms with Gasteiger partial charge in [0.25, 0.3) is 5.82 Å². The van der Waals surface area contributed by atoms with Crippen molar-refractivity contribution in [3.05, 3.63) is 36.8 Å². The van der Waals surface area contributed by atoms with Crippen molar-refractivity contribution in [2.24, 2.45) is 0 Å². The summed E-state index contributed by atoms with van der Waals surface area (Å²) in [6.45, 7) is 3.32. The zero-order valence-corrected chi connectivity index (χ0v) is 16.5. The molecular formula is C15H16F3N8O3P. The van der Waals surface area contributed by atoms with Crippen molar-refractivity contribution in [3.8, 4) is 22.9 Å². The highest BCUT2D eigenvalue weighted by Gasteiger charge is 2.38. The van der Waals surface area contributed by atoms with Crippen LogP contribution < -0.4 is 0 Å². The number of aromatic nitrogens is 8. The predicted molar refractivity (Wildman–Crippen MR) is 98.4 cm³/mol. The highest BCUT2D eigenvalue weighted by atomic mass is 31.2. The molecule has 4 aromatic heterocycles. The Bertz CT molecular complexity index is 1110. The Morgan fingerprint density at radius 3 is 2.63 bits per heavy atom. The second kappa shape index (κ2) is 8.83. The van der Waals surface area contributed by atoms with E-state index in [1.807, 2.05) is 13.8 Å². The molecule has 0 saturated heterocycles. The molecule has 4 aromatic rings. The van der Waals surface area contributed by atoms with Crippen molar-refractivity contribution < 1.29 is 27.5 Å². The molecule has 0 atom stereocenters. The van der Waals surface area contributed by atoms with Crippen molar-refractivity contribution in [1.29, 1.82) is 0 Å². The van der Waals surface area contributed by atoms with Crippen LogP contribution >= 0.6 is 8.60 Å². The van der Waals surface area contributed by atoms with Crippen molar-refractivity contribution in [2.75, 3.05) is 0 Å². The summed E-state index contributed by atoms with van der Waals surface area (Å²) in [7, 11) is -2.81. The summed E-state index contributed by atoms with van der Waals surface area (Å²) in [6.07, 6.45) is 1.13. The lowest BCUT2D eigenvalue weighted by atomic mass is 10.2. The lowest BCUT2D eigenvalue weighted by Gasteiger charge is -2.07. The molecule has 3 N–H and O–H groups in total. The molecule has 0 aliphatic heterocycles. The van der Waals surface area contributed by atoms with Crippen LogP contribution in [0.15, 0.2) is 31.0 Å². The molecule has 0 radical (unpaired) electrons. The molecule has 0 spiro atoms. The zero-order chi connectivity index (χ0) is 21.9. The topological polar surface area (TPSA) is 139 Å². The van der Waals surface area contributed by atoms with Gasteiger partial charge in [-0.1, -0.05) is 13.8 Å². The highest BCUT2D eigenvalue weighted by molar-refractivity contribution is 7.39. The van der Waals surface area contributed by atoms with Gasteiger partial charge in [0.2, 0.25) is 5.78 Å². The van der Waals surface area contributed by atoms with E-state index in [1.165, 1.54) is 18.7 Å². The van der Waals surface area contributed by atoms with Gasteiger partial charge in [-0.2, -0.15) is 13.2 Å². The Morgan fingerprint density at radius 2 is 2.00 bits per heavy atom. The van der Waals surface area contributed by atoms with E-state index in [2.05, 4.69) is 34.5 Å². The fourth-order valence-corrected chi connectivity index (χ4v) is 2.73. The predicted octanol–water partition coefficient (Wildman–Crippen LogP) is 2.61. The first-order valence-electron chi connectivity index (χ1n) is 8.49. The van der Waals surface area contributed by atoms with Crippen molar-refractivity contribution in [2.45, 2.75) is 26.8 Å². The molecule has 0 unspecified atom stereocenters. The largest absolute Gasteiger partial charge is 0.453 e. The Kier molecular flexibility index (Phi) is 6.41. The van der Waals surface area contributed by atoms with Crippen LogP contribution in [0, 0.1) is 0 Å². The van der Waals surface area contributed by atoms with Gasteiger partial charge in [0, 0.05) is 12.4 Å². The molecule has 11 nitrogen and oxygen atoms in total. The maximum atomic E-state index is 13.1. The third kappa shape index (κ3) is 4.31. The first-order valence-corrected chi connectivity index (χ1v) is 9.66. The molecule has 4 heterocycles. The van der Waals surface area contributed by atoms with Gasteiger partial charge in [0.15, 0.2) is 12.6 Å². The Morgan fingerprint density at radius 1 is 1.23 bits per heavy atom. The Balaban J connectivity index is 0.00000124. The average Bonchev–Trinajstić information content (AvgIpc) is 3.44. The van der Waals surface area contributed by atoms with Crippen LogP contribution in [0.4, 0.5) is 13.2 Å².